The molecule has 1 N–H and O–H groups in total. The predicted octanol–water partition coefficient (Wildman–Crippen LogP) is 5.46. The number of aromatic nitrogens is 1. The van der Waals surface area contributed by atoms with E-state index in [-0.39, 0.29) is 5.57 Å². The highest BCUT2D eigenvalue weighted by molar-refractivity contribution is 7.99. The van der Waals surface area contributed by atoms with Crippen molar-refractivity contribution in [1.29, 1.82) is 0 Å². The summed E-state index contributed by atoms with van der Waals surface area (Å²) in [4.78, 5) is 29.0. The highest BCUT2D eigenvalue weighted by Gasteiger charge is 2.22. The number of unbranched alkanes of at least 4 members (excludes halogenated alkanes) is 1. The standard InChI is InChI=1S/C24H25NO4S/c1-4-5-14-30-17-12-10-16(11-13-17)22-19(18-8-6-7-9-21(18)25-22)15-20(23(26)28-2)24(27)29-3/h6-13,15,25H,4-5,14H2,1-3H3. The van der Waals surface area contributed by atoms with E-state index >= 15 is 0 Å². The first-order valence-corrected chi connectivity index (χ1v) is 10.8. The highest BCUT2D eigenvalue weighted by Crippen LogP contribution is 2.33. The van der Waals surface area contributed by atoms with E-state index in [4.69, 9.17) is 9.47 Å². The summed E-state index contributed by atoms with van der Waals surface area (Å²) in [5.74, 6) is -0.376. The lowest BCUT2D eigenvalue weighted by Gasteiger charge is -2.07. The van der Waals surface area contributed by atoms with Gasteiger partial charge in [0.1, 0.15) is 5.57 Å². The monoisotopic (exact) mass is 423 g/mol. The second kappa shape index (κ2) is 10.2. The molecule has 0 unspecified atom stereocenters. The number of carbonyl (C=O) groups is 2. The molecule has 0 saturated carbocycles. The van der Waals surface area contributed by atoms with Crippen LogP contribution in [0.25, 0.3) is 28.2 Å². The minimum absolute atomic E-state index is 0.155. The summed E-state index contributed by atoms with van der Waals surface area (Å²) in [6, 6.07) is 16.0. The van der Waals surface area contributed by atoms with Gasteiger partial charge in [0.2, 0.25) is 0 Å². The van der Waals surface area contributed by atoms with Crippen LogP contribution in [0.15, 0.2) is 59.0 Å². The third kappa shape index (κ3) is 4.76. The summed E-state index contributed by atoms with van der Waals surface area (Å²) in [7, 11) is 2.48. The van der Waals surface area contributed by atoms with Crippen LogP contribution in [0.2, 0.25) is 0 Å². The van der Waals surface area contributed by atoms with Crippen LogP contribution in [-0.2, 0) is 19.1 Å². The lowest BCUT2D eigenvalue weighted by molar-refractivity contribution is -0.143. The fourth-order valence-corrected chi connectivity index (χ4v) is 4.16. The number of hydrogen-bond donors (Lipinski definition) is 1. The Kier molecular flexibility index (Phi) is 7.36. The number of aromatic amines is 1. The molecule has 3 rings (SSSR count). The molecule has 3 aromatic rings. The second-order valence-electron chi connectivity index (χ2n) is 6.73. The summed E-state index contributed by atoms with van der Waals surface area (Å²) in [6.07, 6.45) is 3.90. The van der Waals surface area contributed by atoms with Crippen LogP contribution in [-0.4, -0.2) is 36.9 Å². The van der Waals surface area contributed by atoms with E-state index in [0.717, 1.165) is 33.5 Å². The zero-order valence-corrected chi connectivity index (χ0v) is 18.2. The molecule has 1 aromatic heterocycles. The maximum atomic E-state index is 12.2. The molecule has 0 aliphatic heterocycles. The molecule has 0 aliphatic rings. The first kappa shape index (κ1) is 21.7. The zero-order valence-electron chi connectivity index (χ0n) is 17.4. The Labute approximate surface area is 180 Å². The SMILES string of the molecule is CCCCSc1ccc(-c2[nH]c3ccccc3c2C=C(C(=O)OC)C(=O)OC)cc1. The van der Waals surface area contributed by atoms with E-state index < -0.39 is 11.9 Å². The van der Waals surface area contributed by atoms with Gasteiger partial charge in [-0.05, 0) is 42.0 Å². The number of ether oxygens (including phenoxy) is 2. The first-order valence-electron chi connectivity index (χ1n) is 9.81. The molecule has 0 saturated heterocycles. The Balaban J connectivity index is 2.09. The molecule has 0 fully saturated rings. The molecule has 0 aliphatic carbocycles. The number of esters is 2. The Morgan fingerprint density at radius 3 is 2.30 bits per heavy atom. The largest absolute Gasteiger partial charge is 0.465 e. The molecular weight excluding hydrogens is 398 g/mol. The Bertz CT molecular complexity index is 1050. The van der Waals surface area contributed by atoms with Gasteiger partial charge < -0.3 is 14.5 Å². The summed E-state index contributed by atoms with van der Waals surface area (Å²) in [5, 5.41) is 0.902. The van der Waals surface area contributed by atoms with Gasteiger partial charge in [-0.3, -0.25) is 0 Å². The molecule has 30 heavy (non-hydrogen) atoms. The molecule has 0 amide bonds. The van der Waals surface area contributed by atoms with Crippen molar-refractivity contribution in [3.05, 3.63) is 59.7 Å². The second-order valence-corrected chi connectivity index (χ2v) is 7.90. The van der Waals surface area contributed by atoms with Gasteiger partial charge in [-0.25, -0.2) is 9.59 Å². The van der Waals surface area contributed by atoms with Crippen LogP contribution in [0.5, 0.6) is 0 Å². The van der Waals surface area contributed by atoms with E-state index in [0.29, 0.717) is 0 Å². The van der Waals surface area contributed by atoms with Crippen molar-refractivity contribution in [3.63, 3.8) is 0 Å². The molecule has 0 atom stereocenters. The van der Waals surface area contributed by atoms with Gasteiger partial charge in [-0.2, -0.15) is 0 Å². The third-order valence-corrected chi connectivity index (χ3v) is 5.85. The average molecular weight is 424 g/mol. The van der Waals surface area contributed by atoms with E-state index in [9.17, 15) is 9.59 Å². The number of benzene rings is 2. The minimum atomic E-state index is -0.735. The van der Waals surface area contributed by atoms with Crippen molar-refractivity contribution in [2.45, 2.75) is 24.7 Å². The van der Waals surface area contributed by atoms with Crippen LogP contribution in [0.1, 0.15) is 25.3 Å². The van der Waals surface area contributed by atoms with Crippen LogP contribution < -0.4 is 0 Å². The normalized spacial score (nSPS) is 10.6. The fraction of sp³-hybridized carbons (Fsp3) is 0.250. The van der Waals surface area contributed by atoms with Crippen LogP contribution in [0.4, 0.5) is 0 Å². The minimum Gasteiger partial charge on any atom is -0.465 e. The summed E-state index contributed by atoms with van der Waals surface area (Å²) in [5.41, 5.74) is 3.28. The number of para-hydroxylation sites is 1. The number of H-pyrrole nitrogens is 1. The van der Waals surface area contributed by atoms with Crippen molar-refractivity contribution in [3.8, 4) is 11.3 Å². The number of methoxy groups -OCH3 is 2. The lowest BCUT2D eigenvalue weighted by Crippen LogP contribution is -2.15. The van der Waals surface area contributed by atoms with Crippen molar-refractivity contribution in [1.82, 2.24) is 4.98 Å². The quantitative estimate of drug-likeness (QED) is 0.130. The molecule has 0 radical (unpaired) electrons. The Morgan fingerprint density at radius 1 is 1.00 bits per heavy atom. The number of thioether (sulfide) groups is 1. The molecule has 6 heteroatoms. The average Bonchev–Trinajstić information content (AvgIpc) is 3.15. The van der Waals surface area contributed by atoms with Crippen molar-refractivity contribution < 1.29 is 19.1 Å². The summed E-state index contributed by atoms with van der Waals surface area (Å²) < 4.78 is 9.57. The van der Waals surface area contributed by atoms with Gasteiger partial charge in [0.25, 0.3) is 0 Å². The molecular formula is C24H25NO4S. The van der Waals surface area contributed by atoms with Crippen LogP contribution in [0, 0.1) is 0 Å². The molecule has 1 heterocycles. The number of rotatable bonds is 8. The van der Waals surface area contributed by atoms with E-state index in [1.807, 2.05) is 48.2 Å². The van der Waals surface area contributed by atoms with E-state index in [1.165, 1.54) is 38.0 Å². The smallest absolute Gasteiger partial charge is 0.345 e. The third-order valence-electron chi connectivity index (χ3n) is 4.76. The Hall–Kier alpha value is -2.99. The molecule has 156 valence electrons. The van der Waals surface area contributed by atoms with Gasteiger partial charge in [0, 0.05) is 21.4 Å². The van der Waals surface area contributed by atoms with Crippen molar-refractivity contribution >= 4 is 40.7 Å². The number of nitrogens with one attached hydrogen (secondary N) is 1. The van der Waals surface area contributed by atoms with Gasteiger partial charge in [0.15, 0.2) is 0 Å². The predicted molar refractivity (Wildman–Crippen MR) is 121 cm³/mol. The van der Waals surface area contributed by atoms with E-state index in [2.05, 4.69) is 24.0 Å². The van der Waals surface area contributed by atoms with Gasteiger partial charge in [-0.1, -0.05) is 43.7 Å². The Morgan fingerprint density at radius 2 is 1.67 bits per heavy atom. The van der Waals surface area contributed by atoms with Crippen LogP contribution >= 0.6 is 11.8 Å². The molecule has 0 bridgehead atoms. The van der Waals surface area contributed by atoms with Gasteiger partial charge in [-0.15, -0.1) is 11.8 Å². The highest BCUT2D eigenvalue weighted by atomic mass is 32.2. The van der Waals surface area contributed by atoms with Crippen LogP contribution in [0.3, 0.4) is 0 Å². The van der Waals surface area contributed by atoms with Crippen molar-refractivity contribution in [2.24, 2.45) is 0 Å². The first-order chi connectivity index (χ1) is 14.6. The zero-order chi connectivity index (χ0) is 21.5. The molecule has 5 nitrogen and oxygen atoms in total. The number of fused-ring (bicyclic) bond motifs is 1. The maximum Gasteiger partial charge on any atom is 0.345 e. The lowest BCUT2D eigenvalue weighted by atomic mass is 10.0. The topological polar surface area (TPSA) is 68.4 Å². The van der Waals surface area contributed by atoms with Crippen molar-refractivity contribution in [2.75, 3.05) is 20.0 Å². The number of hydrogen-bond acceptors (Lipinski definition) is 5. The van der Waals surface area contributed by atoms with Gasteiger partial charge >= 0.3 is 11.9 Å². The maximum absolute atomic E-state index is 12.2. The van der Waals surface area contributed by atoms with E-state index in [1.54, 1.807) is 0 Å². The van der Waals surface area contributed by atoms with Gasteiger partial charge in [0.05, 0.1) is 19.9 Å². The molecule has 0 spiro atoms. The summed E-state index contributed by atoms with van der Waals surface area (Å²) in [6.45, 7) is 2.19. The summed E-state index contributed by atoms with van der Waals surface area (Å²) >= 11 is 1.84. The molecule has 2 aromatic carbocycles. The number of carbonyl (C=O) groups excluding carboxylic acids is 2. The fourth-order valence-electron chi connectivity index (χ4n) is 3.16.